The normalized spacial score (nSPS) is 20.5. The van der Waals surface area contributed by atoms with Crippen molar-refractivity contribution in [3.63, 3.8) is 0 Å². The number of hydrogen-bond donors (Lipinski definition) is 0. The van der Waals surface area contributed by atoms with Crippen molar-refractivity contribution in [3.05, 3.63) is 0 Å². The molecule has 8 nitrogen and oxygen atoms in total. The van der Waals surface area contributed by atoms with Crippen LogP contribution in [-0.4, -0.2) is 52.2 Å². The summed E-state index contributed by atoms with van der Waals surface area (Å²) >= 11 is 11.3. The van der Waals surface area contributed by atoms with E-state index in [-0.39, 0.29) is 28.5 Å². The molecule has 0 aromatic carbocycles. The summed E-state index contributed by atoms with van der Waals surface area (Å²) in [6, 6.07) is -0.571. The van der Waals surface area contributed by atoms with Gasteiger partial charge in [0.2, 0.25) is 28.5 Å². The number of ether oxygens (including phenoxy) is 1. The van der Waals surface area contributed by atoms with Crippen LogP contribution in [0.5, 0.6) is 0 Å². The lowest BCUT2D eigenvalue weighted by atomic mass is 10.5. The molecule has 0 spiro atoms. The monoisotopic (exact) mass is 339 g/mol. The number of alkyl halides is 3. The molecular formula is C8H2Cl2F3N7O. The first kappa shape index (κ1) is 13.9. The minimum atomic E-state index is -4.53. The highest BCUT2D eigenvalue weighted by molar-refractivity contribution is 6.69. The van der Waals surface area contributed by atoms with Crippen LogP contribution in [0.2, 0.25) is 0 Å². The molecule has 21 heavy (non-hydrogen) atoms. The summed E-state index contributed by atoms with van der Waals surface area (Å²) in [6.45, 7) is -1.56. The van der Waals surface area contributed by atoms with Gasteiger partial charge in [-0.25, -0.2) is 4.90 Å². The molecule has 0 aliphatic carbocycles. The number of rotatable bonds is 1. The minimum Gasteiger partial charge on any atom is -0.454 e. The molecule has 13 heteroatoms. The molecule has 110 valence electrons. The van der Waals surface area contributed by atoms with E-state index in [1.54, 1.807) is 0 Å². The molecule has 0 radical (unpaired) electrons. The van der Waals surface area contributed by atoms with Crippen LogP contribution in [0.4, 0.5) is 13.2 Å². The molecule has 3 rings (SSSR count). The van der Waals surface area contributed by atoms with Crippen LogP contribution in [0.3, 0.4) is 0 Å². The predicted molar refractivity (Wildman–Crippen MR) is 70.2 cm³/mol. The maximum Gasteiger partial charge on any atom is 0.422 e. The number of aliphatic imine (C=N–C) groups is 6. The second-order valence-corrected chi connectivity index (χ2v) is 4.31. The van der Waals surface area contributed by atoms with E-state index in [4.69, 9.17) is 23.2 Å². The van der Waals surface area contributed by atoms with Crippen LogP contribution in [0.15, 0.2) is 30.0 Å². The second kappa shape index (κ2) is 4.77. The molecule has 0 unspecified atom stereocenters. The lowest BCUT2D eigenvalue weighted by Gasteiger charge is -2.28. The van der Waals surface area contributed by atoms with Gasteiger partial charge in [0.1, 0.15) is 0 Å². The Morgan fingerprint density at radius 2 is 1.38 bits per heavy atom. The summed E-state index contributed by atoms with van der Waals surface area (Å²) in [7, 11) is 0. The summed E-state index contributed by atoms with van der Waals surface area (Å²) in [6.07, 6.45) is -4.53. The highest BCUT2D eigenvalue weighted by atomic mass is 35.5. The maximum atomic E-state index is 12.1. The van der Waals surface area contributed by atoms with E-state index in [2.05, 4.69) is 34.7 Å². The van der Waals surface area contributed by atoms with Crippen molar-refractivity contribution in [2.24, 2.45) is 30.0 Å². The van der Waals surface area contributed by atoms with Crippen molar-refractivity contribution in [2.45, 2.75) is 6.18 Å². The van der Waals surface area contributed by atoms with E-state index in [0.29, 0.717) is 0 Å². The van der Waals surface area contributed by atoms with E-state index in [0.717, 1.165) is 4.90 Å². The summed E-state index contributed by atoms with van der Waals surface area (Å²) < 4.78 is 40.9. The van der Waals surface area contributed by atoms with Crippen molar-refractivity contribution >= 4 is 57.7 Å². The van der Waals surface area contributed by atoms with E-state index in [1.807, 2.05) is 0 Å². The highest BCUT2D eigenvalue weighted by Gasteiger charge is 2.36. The van der Waals surface area contributed by atoms with Crippen LogP contribution >= 0.6 is 23.2 Å². The third-order valence-corrected chi connectivity index (χ3v) is 2.46. The van der Waals surface area contributed by atoms with Crippen LogP contribution in [0.25, 0.3) is 0 Å². The van der Waals surface area contributed by atoms with Crippen molar-refractivity contribution in [3.8, 4) is 0 Å². The van der Waals surface area contributed by atoms with Gasteiger partial charge in [-0.1, -0.05) is 0 Å². The fourth-order valence-corrected chi connectivity index (χ4v) is 1.73. The van der Waals surface area contributed by atoms with Gasteiger partial charge < -0.3 is 4.74 Å². The first-order chi connectivity index (χ1) is 9.82. The van der Waals surface area contributed by atoms with Crippen LogP contribution in [-0.2, 0) is 4.74 Å². The molecule has 3 heterocycles. The molecule has 0 bridgehead atoms. The third-order valence-electron chi connectivity index (χ3n) is 2.13. The largest absolute Gasteiger partial charge is 0.454 e. The zero-order chi connectivity index (χ0) is 15.2. The van der Waals surface area contributed by atoms with Crippen LogP contribution in [0, 0.1) is 0 Å². The quantitative estimate of drug-likeness (QED) is 0.678. The Morgan fingerprint density at radius 3 is 1.95 bits per heavy atom. The Balaban J connectivity index is 1.96. The molecule has 0 N–H and O–H groups in total. The molecule has 3 aliphatic rings. The Hall–Kier alpha value is -2.01. The van der Waals surface area contributed by atoms with Crippen molar-refractivity contribution in [1.82, 2.24) is 4.90 Å². The zero-order valence-corrected chi connectivity index (χ0v) is 11.1. The molecule has 0 aromatic rings. The third kappa shape index (κ3) is 2.88. The van der Waals surface area contributed by atoms with Crippen molar-refractivity contribution in [2.75, 3.05) is 6.61 Å². The second-order valence-electron chi connectivity index (χ2n) is 3.63. The Kier molecular flexibility index (Phi) is 3.17. The van der Waals surface area contributed by atoms with Gasteiger partial charge in [-0.15, -0.1) is 0 Å². The van der Waals surface area contributed by atoms with Gasteiger partial charge in [-0.3, -0.25) is 0 Å². The molecule has 0 fully saturated rings. The van der Waals surface area contributed by atoms with Gasteiger partial charge in [-0.05, 0) is 23.2 Å². The first-order valence-electron chi connectivity index (χ1n) is 5.15. The smallest absolute Gasteiger partial charge is 0.422 e. The first-order valence-corrected chi connectivity index (χ1v) is 5.90. The van der Waals surface area contributed by atoms with Gasteiger partial charge in [0.15, 0.2) is 6.61 Å². The molecule has 0 saturated carbocycles. The van der Waals surface area contributed by atoms with E-state index in [9.17, 15) is 13.2 Å². The van der Waals surface area contributed by atoms with E-state index in [1.165, 1.54) is 0 Å². The summed E-state index contributed by atoms with van der Waals surface area (Å²) in [5.74, 6) is -0.241. The maximum absolute atomic E-state index is 12.1. The average molecular weight is 340 g/mol. The van der Waals surface area contributed by atoms with E-state index >= 15 is 0 Å². The topological polar surface area (TPSA) is 86.6 Å². The van der Waals surface area contributed by atoms with Gasteiger partial charge in [0.25, 0.3) is 0 Å². The molecule has 0 saturated heterocycles. The average Bonchev–Trinajstić information content (AvgIpc) is 2.34. The molecule has 3 aliphatic heterocycles. The highest BCUT2D eigenvalue weighted by Crippen LogP contribution is 2.20. The Bertz CT molecular complexity index is 688. The predicted octanol–water partition coefficient (Wildman–Crippen LogP) is 1.52. The van der Waals surface area contributed by atoms with Gasteiger partial charge in [0.05, 0.1) is 0 Å². The fourth-order valence-electron chi connectivity index (χ4n) is 1.43. The van der Waals surface area contributed by atoms with Crippen LogP contribution in [0.1, 0.15) is 0 Å². The fraction of sp³-hybridized carbons (Fsp3) is 0.250. The minimum absolute atomic E-state index is 0.00220. The SMILES string of the molecule is FC(F)(F)COC1=NC2=NC(Cl)=NC3=NC(Cl)=NC(=N1)N32. The van der Waals surface area contributed by atoms with Crippen molar-refractivity contribution in [1.29, 1.82) is 0 Å². The summed E-state index contributed by atoms with van der Waals surface area (Å²) in [5.41, 5.74) is 0. The zero-order valence-electron chi connectivity index (χ0n) is 9.64. The van der Waals surface area contributed by atoms with E-state index < -0.39 is 18.8 Å². The Labute approximate surface area is 124 Å². The summed E-state index contributed by atoms with van der Waals surface area (Å²) in [4.78, 5) is 23.6. The standard InChI is InChI=1S/C8H2Cl2F3N7O/c9-2-14-4-15-3(10)17-6-19-7(21-1-8(11,12)13)18-5(16-2)20(4)6/h1H2. The Morgan fingerprint density at radius 1 is 0.857 bits per heavy atom. The van der Waals surface area contributed by atoms with Crippen molar-refractivity contribution < 1.29 is 17.9 Å². The molecule has 0 aromatic heterocycles. The molecule has 0 amide bonds. The number of amidine groups is 3. The number of guanidine groups is 3. The lowest BCUT2D eigenvalue weighted by Crippen LogP contribution is -2.47. The number of hydrogen-bond acceptors (Lipinski definition) is 8. The van der Waals surface area contributed by atoms with Gasteiger partial charge in [0, 0.05) is 0 Å². The summed E-state index contributed by atoms with van der Waals surface area (Å²) in [5, 5.41) is -0.432. The number of halogens is 5. The number of nitrogens with zero attached hydrogens (tertiary/aromatic N) is 7. The lowest BCUT2D eigenvalue weighted by molar-refractivity contribution is -0.156. The van der Waals surface area contributed by atoms with Gasteiger partial charge >= 0.3 is 12.2 Å². The molecular weight excluding hydrogens is 338 g/mol. The van der Waals surface area contributed by atoms with Crippen LogP contribution < -0.4 is 0 Å². The molecule has 0 atom stereocenters. The van der Waals surface area contributed by atoms with Gasteiger partial charge in [-0.2, -0.15) is 43.1 Å².